The van der Waals surface area contributed by atoms with Gasteiger partial charge in [-0.2, -0.15) is 0 Å². The van der Waals surface area contributed by atoms with Crippen LogP contribution in [0.25, 0.3) is 0 Å². The zero-order valence-electron chi connectivity index (χ0n) is 15.7. The lowest BCUT2D eigenvalue weighted by molar-refractivity contribution is -0.151. The molecule has 1 atom stereocenters. The molecule has 1 fully saturated rings. The van der Waals surface area contributed by atoms with Gasteiger partial charge in [-0.15, -0.1) is 0 Å². The van der Waals surface area contributed by atoms with Gasteiger partial charge < -0.3 is 15.0 Å². The summed E-state index contributed by atoms with van der Waals surface area (Å²) in [7, 11) is 0. The van der Waals surface area contributed by atoms with Gasteiger partial charge in [-0.25, -0.2) is 0 Å². The van der Waals surface area contributed by atoms with E-state index in [9.17, 15) is 14.4 Å². The molecule has 0 aliphatic carbocycles. The molecule has 28 heavy (non-hydrogen) atoms. The Morgan fingerprint density at radius 3 is 2.54 bits per heavy atom. The van der Waals surface area contributed by atoms with Crippen molar-refractivity contribution in [1.82, 2.24) is 0 Å². The fourth-order valence-corrected chi connectivity index (χ4v) is 3.27. The van der Waals surface area contributed by atoms with Crippen LogP contribution in [-0.2, 0) is 19.1 Å². The third kappa shape index (κ3) is 4.78. The van der Waals surface area contributed by atoms with Gasteiger partial charge in [-0.3, -0.25) is 14.4 Å². The molecular weight excluding hydrogens is 424 g/mol. The average Bonchev–Trinajstić information content (AvgIpc) is 3.05. The quantitative estimate of drug-likeness (QED) is 0.714. The molecule has 0 saturated carbocycles. The SMILES string of the molecule is Cc1ccc(NC(=O)COC(=O)[C@@H]2CC(=O)N(c3ccc(Br)cc3)C2)cc1C. The highest BCUT2D eigenvalue weighted by Crippen LogP contribution is 2.27. The molecule has 2 aromatic rings. The molecule has 1 heterocycles. The first-order chi connectivity index (χ1) is 13.3. The second-order valence-corrected chi connectivity index (χ2v) is 7.75. The van der Waals surface area contributed by atoms with Crippen LogP contribution in [0.2, 0.25) is 0 Å². The first-order valence-electron chi connectivity index (χ1n) is 8.93. The van der Waals surface area contributed by atoms with E-state index in [1.165, 1.54) is 0 Å². The molecule has 7 heteroatoms. The number of nitrogens with zero attached hydrogens (tertiary/aromatic N) is 1. The Morgan fingerprint density at radius 2 is 1.86 bits per heavy atom. The fraction of sp³-hybridized carbons (Fsp3) is 0.286. The van der Waals surface area contributed by atoms with E-state index >= 15 is 0 Å². The number of hydrogen-bond donors (Lipinski definition) is 1. The van der Waals surface area contributed by atoms with Crippen molar-refractivity contribution in [3.8, 4) is 0 Å². The van der Waals surface area contributed by atoms with E-state index < -0.39 is 17.8 Å². The normalized spacial score (nSPS) is 16.2. The summed E-state index contributed by atoms with van der Waals surface area (Å²) in [5.41, 5.74) is 3.58. The molecule has 0 spiro atoms. The Hall–Kier alpha value is -2.67. The number of carbonyl (C=O) groups is 3. The number of nitrogens with one attached hydrogen (secondary N) is 1. The average molecular weight is 445 g/mol. The topological polar surface area (TPSA) is 75.7 Å². The maximum Gasteiger partial charge on any atom is 0.311 e. The summed E-state index contributed by atoms with van der Waals surface area (Å²) in [6, 6.07) is 12.9. The van der Waals surface area contributed by atoms with Crippen LogP contribution < -0.4 is 10.2 Å². The Bertz CT molecular complexity index is 911. The van der Waals surface area contributed by atoms with Crippen LogP contribution in [0.15, 0.2) is 46.9 Å². The van der Waals surface area contributed by atoms with Gasteiger partial charge in [0.2, 0.25) is 5.91 Å². The summed E-state index contributed by atoms with van der Waals surface area (Å²) < 4.78 is 6.04. The van der Waals surface area contributed by atoms with Gasteiger partial charge in [0.1, 0.15) is 0 Å². The van der Waals surface area contributed by atoms with Crippen molar-refractivity contribution in [3.63, 3.8) is 0 Å². The van der Waals surface area contributed by atoms with E-state index in [1.807, 2.05) is 50.2 Å². The molecule has 1 aliphatic heterocycles. The number of aryl methyl sites for hydroxylation is 2. The van der Waals surface area contributed by atoms with Gasteiger partial charge >= 0.3 is 5.97 Å². The van der Waals surface area contributed by atoms with Crippen LogP contribution in [0.5, 0.6) is 0 Å². The summed E-state index contributed by atoms with van der Waals surface area (Å²) in [5.74, 6) is -1.66. The van der Waals surface area contributed by atoms with E-state index in [2.05, 4.69) is 21.2 Å². The van der Waals surface area contributed by atoms with Crippen molar-refractivity contribution in [2.45, 2.75) is 20.3 Å². The van der Waals surface area contributed by atoms with Gasteiger partial charge in [-0.05, 0) is 61.4 Å². The van der Waals surface area contributed by atoms with Gasteiger partial charge in [0.15, 0.2) is 6.61 Å². The second-order valence-electron chi connectivity index (χ2n) is 6.84. The van der Waals surface area contributed by atoms with Crippen molar-refractivity contribution < 1.29 is 19.1 Å². The zero-order chi connectivity index (χ0) is 20.3. The smallest absolute Gasteiger partial charge is 0.311 e. The lowest BCUT2D eigenvalue weighted by atomic mass is 10.1. The minimum atomic E-state index is -0.578. The van der Waals surface area contributed by atoms with Gasteiger partial charge in [-0.1, -0.05) is 22.0 Å². The molecule has 3 rings (SSSR count). The molecule has 6 nitrogen and oxygen atoms in total. The lowest BCUT2D eigenvalue weighted by Crippen LogP contribution is -2.28. The summed E-state index contributed by atoms with van der Waals surface area (Å²) >= 11 is 3.35. The number of benzene rings is 2. The van der Waals surface area contributed by atoms with Crippen LogP contribution in [0.4, 0.5) is 11.4 Å². The second kappa shape index (κ2) is 8.56. The van der Waals surface area contributed by atoms with E-state index in [4.69, 9.17) is 4.74 Å². The minimum absolute atomic E-state index is 0.0771. The van der Waals surface area contributed by atoms with Crippen molar-refractivity contribution in [1.29, 1.82) is 0 Å². The van der Waals surface area contributed by atoms with Gasteiger partial charge in [0.25, 0.3) is 5.91 Å². The summed E-state index contributed by atoms with van der Waals surface area (Å²) in [6.45, 7) is 3.81. The number of amides is 2. The van der Waals surface area contributed by atoms with Crippen LogP contribution in [-0.4, -0.2) is 30.9 Å². The highest BCUT2D eigenvalue weighted by Gasteiger charge is 2.36. The molecule has 0 bridgehead atoms. The van der Waals surface area contributed by atoms with Crippen LogP contribution >= 0.6 is 15.9 Å². The number of hydrogen-bond acceptors (Lipinski definition) is 4. The summed E-state index contributed by atoms with van der Waals surface area (Å²) in [6.07, 6.45) is 0.0771. The molecular formula is C21H21BrN2O4. The lowest BCUT2D eigenvalue weighted by Gasteiger charge is -2.16. The van der Waals surface area contributed by atoms with Crippen molar-refractivity contribution in [2.75, 3.05) is 23.4 Å². The molecule has 2 aromatic carbocycles. The standard InChI is InChI=1S/C21H21BrN2O4/c1-13-3-6-17(9-14(13)2)23-19(25)12-28-21(27)15-10-20(26)24(11-15)18-7-4-16(22)5-8-18/h3-9,15H,10-12H2,1-2H3,(H,23,25)/t15-/m1/s1. The maximum absolute atomic E-state index is 12.3. The fourth-order valence-electron chi connectivity index (χ4n) is 3.01. The molecule has 1 saturated heterocycles. The molecule has 146 valence electrons. The Kier molecular flexibility index (Phi) is 6.14. The van der Waals surface area contributed by atoms with Crippen LogP contribution in [0.1, 0.15) is 17.5 Å². The van der Waals surface area contributed by atoms with Crippen molar-refractivity contribution in [3.05, 3.63) is 58.1 Å². The van der Waals surface area contributed by atoms with E-state index in [0.29, 0.717) is 5.69 Å². The largest absolute Gasteiger partial charge is 0.455 e. The highest BCUT2D eigenvalue weighted by atomic mass is 79.9. The predicted octanol–water partition coefficient (Wildman–Crippen LogP) is 3.60. The summed E-state index contributed by atoms with van der Waals surface area (Å²) in [4.78, 5) is 38.1. The van der Waals surface area contributed by atoms with Crippen LogP contribution in [0.3, 0.4) is 0 Å². The Labute approximate surface area is 172 Å². The number of anilines is 2. The third-order valence-electron chi connectivity index (χ3n) is 4.73. The first-order valence-corrected chi connectivity index (χ1v) is 9.72. The van der Waals surface area contributed by atoms with E-state index in [1.54, 1.807) is 11.0 Å². The Balaban J connectivity index is 1.52. The van der Waals surface area contributed by atoms with E-state index in [-0.39, 0.29) is 25.5 Å². The zero-order valence-corrected chi connectivity index (χ0v) is 17.3. The molecule has 2 amide bonds. The first kappa shape index (κ1) is 20.1. The number of ether oxygens (including phenoxy) is 1. The number of carbonyl (C=O) groups excluding carboxylic acids is 3. The summed E-state index contributed by atoms with van der Waals surface area (Å²) in [5, 5.41) is 2.71. The molecule has 0 unspecified atom stereocenters. The predicted molar refractivity (Wildman–Crippen MR) is 110 cm³/mol. The molecule has 1 N–H and O–H groups in total. The van der Waals surface area contributed by atoms with Crippen molar-refractivity contribution in [2.24, 2.45) is 5.92 Å². The number of rotatable bonds is 5. The Morgan fingerprint density at radius 1 is 1.14 bits per heavy atom. The maximum atomic E-state index is 12.3. The molecule has 0 aromatic heterocycles. The van der Waals surface area contributed by atoms with E-state index in [0.717, 1.165) is 21.3 Å². The number of esters is 1. The number of halogens is 1. The van der Waals surface area contributed by atoms with Gasteiger partial charge in [0.05, 0.1) is 5.92 Å². The third-order valence-corrected chi connectivity index (χ3v) is 5.26. The molecule has 0 radical (unpaired) electrons. The van der Waals surface area contributed by atoms with Gasteiger partial charge in [0, 0.05) is 28.8 Å². The van der Waals surface area contributed by atoms with Crippen LogP contribution in [0, 0.1) is 19.8 Å². The highest BCUT2D eigenvalue weighted by molar-refractivity contribution is 9.10. The molecule has 1 aliphatic rings. The monoisotopic (exact) mass is 444 g/mol. The van der Waals surface area contributed by atoms with Crippen molar-refractivity contribution >= 4 is 45.1 Å². The minimum Gasteiger partial charge on any atom is -0.455 e.